The molecule has 0 radical (unpaired) electrons. The molecule has 6 heteroatoms. The molecule has 0 aliphatic heterocycles. The van der Waals surface area contributed by atoms with E-state index in [2.05, 4.69) is 26.2 Å². The number of hydrogen-bond acceptors (Lipinski definition) is 3. The molecule has 0 atom stereocenters. The first-order valence-electron chi connectivity index (χ1n) is 6.05. The fraction of sp³-hybridized carbons (Fsp3) is 0.143. The van der Waals surface area contributed by atoms with Crippen LogP contribution in [0.25, 0.3) is 4.96 Å². The fourth-order valence-corrected chi connectivity index (χ4v) is 3.10. The average molecular weight is 350 g/mol. The largest absolute Gasteiger partial charge is 0.321 e. The van der Waals surface area contributed by atoms with Crippen LogP contribution >= 0.6 is 27.3 Å². The van der Waals surface area contributed by atoms with Crippen LogP contribution < -0.4 is 5.32 Å². The van der Waals surface area contributed by atoms with E-state index in [-0.39, 0.29) is 5.91 Å². The number of anilines is 1. The van der Waals surface area contributed by atoms with E-state index in [0.717, 1.165) is 26.4 Å². The Balaban J connectivity index is 1.86. The molecule has 20 heavy (non-hydrogen) atoms. The lowest BCUT2D eigenvalue weighted by Gasteiger charge is -2.05. The number of carbonyl (C=O) groups excluding carboxylic acids is 1. The van der Waals surface area contributed by atoms with E-state index in [1.807, 2.05) is 41.8 Å². The van der Waals surface area contributed by atoms with Crippen molar-refractivity contribution in [1.29, 1.82) is 0 Å². The van der Waals surface area contributed by atoms with Gasteiger partial charge in [-0.3, -0.25) is 9.20 Å². The molecule has 1 N–H and O–H groups in total. The summed E-state index contributed by atoms with van der Waals surface area (Å²) in [6.45, 7) is 3.99. The average Bonchev–Trinajstić information content (AvgIpc) is 2.97. The molecule has 0 spiro atoms. The summed E-state index contributed by atoms with van der Waals surface area (Å²) in [5.74, 6) is -0.198. The Morgan fingerprint density at radius 3 is 2.90 bits per heavy atom. The molecular weight excluding hydrogens is 338 g/mol. The first-order valence-corrected chi connectivity index (χ1v) is 7.72. The summed E-state index contributed by atoms with van der Waals surface area (Å²) in [5.41, 5.74) is 3.38. The summed E-state index contributed by atoms with van der Waals surface area (Å²) < 4.78 is 2.89. The van der Waals surface area contributed by atoms with Crippen LogP contribution in [0.2, 0.25) is 0 Å². The van der Waals surface area contributed by atoms with Gasteiger partial charge in [0, 0.05) is 27.4 Å². The van der Waals surface area contributed by atoms with Gasteiger partial charge in [0.2, 0.25) is 0 Å². The monoisotopic (exact) mass is 349 g/mol. The lowest BCUT2D eigenvalue weighted by Crippen LogP contribution is -2.12. The zero-order chi connectivity index (χ0) is 14.3. The maximum atomic E-state index is 12.2. The third-order valence-electron chi connectivity index (χ3n) is 3.05. The molecule has 0 saturated heterocycles. The number of aromatic nitrogens is 2. The third kappa shape index (κ3) is 2.36. The molecule has 0 saturated carbocycles. The van der Waals surface area contributed by atoms with Crippen LogP contribution in [0.4, 0.5) is 5.69 Å². The Labute approximate surface area is 128 Å². The molecule has 0 bridgehead atoms. The minimum atomic E-state index is -0.198. The van der Waals surface area contributed by atoms with Crippen LogP contribution in [0.3, 0.4) is 0 Å². The Morgan fingerprint density at radius 2 is 2.20 bits per heavy atom. The summed E-state index contributed by atoms with van der Waals surface area (Å²) >= 11 is 4.98. The molecule has 2 aromatic heterocycles. The minimum Gasteiger partial charge on any atom is -0.321 e. The van der Waals surface area contributed by atoms with Crippen molar-refractivity contribution in [2.45, 2.75) is 13.8 Å². The molecule has 0 aliphatic rings. The highest BCUT2D eigenvalue weighted by atomic mass is 79.9. The molecule has 3 aromatic rings. The number of carbonyl (C=O) groups is 1. The van der Waals surface area contributed by atoms with Crippen molar-refractivity contribution in [2.24, 2.45) is 0 Å². The standard InChI is InChI=1S/C14H12BrN3OS/c1-8-3-4-10(5-11(8)15)16-13(19)12-6-18-9(2)7-20-14(18)17-12/h3-7H,1-2H3,(H,16,19). The predicted molar refractivity (Wildman–Crippen MR) is 84.6 cm³/mol. The topological polar surface area (TPSA) is 46.4 Å². The van der Waals surface area contributed by atoms with Crippen molar-refractivity contribution >= 4 is 43.8 Å². The number of thiazole rings is 1. The van der Waals surface area contributed by atoms with E-state index in [1.165, 1.54) is 11.3 Å². The van der Waals surface area contributed by atoms with E-state index in [0.29, 0.717) is 5.69 Å². The predicted octanol–water partition coefficient (Wildman–Crippen LogP) is 4.03. The molecule has 1 aromatic carbocycles. The zero-order valence-electron chi connectivity index (χ0n) is 11.0. The molecule has 0 fully saturated rings. The summed E-state index contributed by atoms with van der Waals surface area (Å²) in [6, 6.07) is 5.72. The highest BCUT2D eigenvalue weighted by Gasteiger charge is 2.13. The summed E-state index contributed by atoms with van der Waals surface area (Å²) in [7, 11) is 0. The number of amides is 1. The molecule has 3 rings (SSSR count). The molecule has 2 heterocycles. The van der Waals surface area contributed by atoms with Crippen LogP contribution in [0.1, 0.15) is 21.7 Å². The van der Waals surface area contributed by atoms with Crippen molar-refractivity contribution in [1.82, 2.24) is 9.38 Å². The van der Waals surface area contributed by atoms with Crippen molar-refractivity contribution in [3.63, 3.8) is 0 Å². The maximum absolute atomic E-state index is 12.2. The van der Waals surface area contributed by atoms with Gasteiger partial charge < -0.3 is 5.32 Å². The van der Waals surface area contributed by atoms with Gasteiger partial charge in [-0.1, -0.05) is 22.0 Å². The van der Waals surface area contributed by atoms with Crippen molar-refractivity contribution in [3.8, 4) is 0 Å². The molecule has 1 amide bonds. The lowest BCUT2D eigenvalue weighted by atomic mass is 10.2. The Hall–Kier alpha value is -1.66. The Morgan fingerprint density at radius 1 is 1.40 bits per heavy atom. The van der Waals surface area contributed by atoms with Crippen LogP contribution in [0, 0.1) is 13.8 Å². The van der Waals surface area contributed by atoms with Crippen LogP contribution in [0.15, 0.2) is 34.2 Å². The molecule has 4 nitrogen and oxygen atoms in total. The second-order valence-corrected chi connectivity index (χ2v) is 6.26. The van der Waals surface area contributed by atoms with Crippen LogP contribution in [-0.2, 0) is 0 Å². The van der Waals surface area contributed by atoms with E-state index in [1.54, 1.807) is 6.20 Å². The van der Waals surface area contributed by atoms with Gasteiger partial charge in [-0.25, -0.2) is 4.98 Å². The molecular formula is C14H12BrN3OS. The number of halogens is 1. The van der Waals surface area contributed by atoms with Gasteiger partial charge in [-0.2, -0.15) is 0 Å². The van der Waals surface area contributed by atoms with Crippen LogP contribution in [-0.4, -0.2) is 15.3 Å². The summed E-state index contributed by atoms with van der Waals surface area (Å²) in [6.07, 6.45) is 1.76. The van der Waals surface area contributed by atoms with Gasteiger partial charge in [0.1, 0.15) is 5.69 Å². The normalized spacial score (nSPS) is 10.9. The molecule has 102 valence electrons. The number of fused-ring (bicyclic) bond motifs is 1. The number of hydrogen-bond donors (Lipinski definition) is 1. The second kappa shape index (κ2) is 5.03. The van der Waals surface area contributed by atoms with Crippen molar-refractivity contribution < 1.29 is 4.79 Å². The van der Waals surface area contributed by atoms with Gasteiger partial charge in [0.15, 0.2) is 4.96 Å². The SMILES string of the molecule is Cc1ccc(NC(=O)c2cn3c(C)csc3n2)cc1Br. The number of nitrogens with one attached hydrogen (secondary N) is 1. The molecule has 0 unspecified atom stereocenters. The van der Waals surface area contributed by atoms with Gasteiger partial charge in [-0.05, 0) is 31.5 Å². The number of rotatable bonds is 2. The number of nitrogens with zero attached hydrogens (tertiary/aromatic N) is 2. The number of imidazole rings is 1. The second-order valence-electron chi connectivity index (χ2n) is 4.57. The summed E-state index contributed by atoms with van der Waals surface area (Å²) in [5, 5.41) is 4.87. The fourth-order valence-electron chi connectivity index (χ4n) is 1.87. The van der Waals surface area contributed by atoms with Gasteiger partial charge in [0.05, 0.1) is 0 Å². The van der Waals surface area contributed by atoms with Gasteiger partial charge in [-0.15, -0.1) is 11.3 Å². The number of benzene rings is 1. The van der Waals surface area contributed by atoms with E-state index in [9.17, 15) is 4.79 Å². The number of aryl methyl sites for hydroxylation is 2. The molecule has 0 aliphatic carbocycles. The quantitative estimate of drug-likeness (QED) is 0.759. The van der Waals surface area contributed by atoms with E-state index in [4.69, 9.17) is 0 Å². The van der Waals surface area contributed by atoms with Crippen molar-refractivity contribution in [2.75, 3.05) is 5.32 Å². The Bertz CT molecular complexity index is 806. The van der Waals surface area contributed by atoms with Crippen LogP contribution in [0.5, 0.6) is 0 Å². The lowest BCUT2D eigenvalue weighted by molar-refractivity contribution is 0.102. The first-order chi connectivity index (χ1) is 9.54. The third-order valence-corrected chi connectivity index (χ3v) is 4.86. The van der Waals surface area contributed by atoms with Gasteiger partial charge >= 0.3 is 0 Å². The van der Waals surface area contributed by atoms with Gasteiger partial charge in [0.25, 0.3) is 5.91 Å². The Kier molecular flexibility index (Phi) is 3.35. The highest BCUT2D eigenvalue weighted by molar-refractivity contribution is 9.10. The highest BCUT2D eigenvalue weighted by Crippen LogP contribution is 2.21. The smallest absolute Gasteiger partial charge is 0.275 e. The first kappa shape index (κ1) is 13.3. The summed E-state index contributed by atoms with van der Waals surface area (Å²) in [4.78, 5) is 17.4. The minimum absolute atomic E-state index is 0.198. The van der Waals surface area contributed by atoms with E-state index >= 15 is 0 Å². The zero-order valence-corrected chi connectivity index (χ0v) is 13.4. The van der Waals surface area contributed by atoms with Crippen molar-refractivity contribution in [3.05, 3.63) is 51.2 Å². The van der Waals surface area contributed by atoms with E-state index < -0.39 is 0 Å². The maximum Gasteiger partial charge on any atom is 0.275 e.